The van der Waals surface area contributed by atoms with Gasteiger partial charge in [0, 0.05) is 31.0 Å². The first kappa shape index (κ1) is 24.8. The Morgan fingerprint density at radius 3 is 2.48 bits per heavy atom. The zero-order valence-corrected chi connectivity index (χ0v) is 20.4. The van der Waals surface area contributed by atoms with Crippen LogP contribution in [0.4, 0.5) is 5.69 Å². The van der Waals surface area contributed by atoms with Gasteiger partial charge in [0.1, 0.15) is 12.4 Å². The van der Waals surface area contributed by atoms with Gasteiger partial charge in [-0.05, 0) is 72.2 Å². The Labute approximate surface area is 198 Å². The van der Waals surface area contributed by atoms with Crippen molar-refractivity contribution in [2.75, 3.05) is 44.9 Å². The number of fused-ring (bicyclic) bond motifs is 1. The van der Waals surface area contributed by atoms with E-state index in [1.807, 2.05) is 18.2 Å². The van der Waals surface area contributed by atoms with Gasteiger partial charge in [0.15, 0.2) is 0 Å². The normalized spacial score (nSPS) is 15.3. The molecule has 178 valence electrons. The molecule has 0 atom stereocenters. The predicted molar refractivity (Wildman–Crippen MR) is 135 cm³/mol. The molecule has 0 fully saturated rings. The summed E-state index contributed by atoms with van der Waals surface area (Å²) < 4.78 is 16.3. The molecule has 33 heavy (non-hydrogen) atoms. The fourth-order valence-corrected chi connectivity index (χ4v) is 4.11. The van der Waals surface area contributed by atoms with E-state index in [0.717, 1.165) is 67.0 Å². The lowest BCUT2D eigenvalue weighted by Gasteiger charge is -2.30. The highest BCUT2D eigenvalue weighted by Crippen LogP contribution is 2.33. The van der Waals surface area contributed by atoms with E-state index in [4.69, 9.17) is 14.2 Å². The highest BCUT2D eigenvalue weighted by molar-refractivity contribution is 5.95. The molecule has 2 aromatic rings. The van der Waals surface area contributed by atoms with E-state index >= 15 is 0 Å². The summed E-state index contributed by atoms with van der Waals surface area (Å²) >= 11 is 0. The van der Waals surface area contributed by atoms with Gasteiger partial charge >= 0.3 is 5.97 Å². The number of carbonyl (C=O) groups is 1. The molecule has 1 aliphatic rings. The second kappa shape index (κ2) is 12.4. The minimum absolute atomic E-state index is 0.243. The molecule has 5 nitrogen and oxygen atoms in total. The van der Waals surface area contributed by atoms with Gasteiger partial charge in [0.25, 0.3) is 0 Å². The maximum Gasteiger partial charge on any atom is 0.333 e. The number of esters is 1. The molecule has 0 spiro atoms. The maximum absolute atomic E-state index is 12.3. The minimum Gasteiger partial charge on any atom is -0.491 e. The molecule has 0 radical (unpaired) electrons. The van der Waals surface area contributed by atoms with Crippen molar-refractivity contribution in [2.45, 2.75) is 40.0 Å². The first-order chi connectivity index (χ1) is 16.0. The molecule has 2 aromatic carbocycles. The summed E-state index contributed by atoms with van der Waals surface area (Å²) in [5.41, 5.74) is 5.17. The van der Waals surface area contributed by atoms with E-state index in [9.17, 15) is 4.79 Å². The Hall–Kier alpha value is -2.79. The molecule has 0 unspecified atom stereocenters. The summed E-state index contributed by atoms with van der Waals surface area (Å²) in [5.74, 6) is 1.15. The predicted octanol–water partition coefficient (Wildman–Crippen LogP) is 5.97. The van der Waals surface area contributed by atoms with Gasteiger partial charge in [-0.1, -0.05) is 39.0 Å². The average molecular weight is 452 g/mol. The second-order valence-corrected chi connectivity index (χ2v) is 8.86. The first-order valence-corrected chi connectivity index (χ1v) is 12.0. The van der Waals surface area contributed by atoms with Gasteiger partial charge < -0.3 is 19.1 Å². The summed E-state index contributed by atoms with van der Waals surface area (Å²) in [7, 11) is 1.45. The van der Waals surface area contributed by atoms with Crippen molar-refractivity contribution in [3.05, 3.63) is 53.6 Å². The van der Waals surface area contributed by atoms with Crippen molar-refractivity contribution in [1.82, 2.24) is 0 Å². The molecule has 3 rings (SSSR count). The van der Waals surface area contributed by atoms with Crippen LogP contribution in [0.1, 0.15) is 45.6 Å². The Bertz CT molecular complexity index is 933. The number of hydrogen-bond donors (Lipinski definition) is 0. The molecular weight excluding hydrogens is 414 g/mol. The third-order valence-electron chi connectivity index (χ3n) is 5.64. The van der Waals surface area contributed by atoms with E-state index in [1.54, 1.807) is 0 Å². The molecule has 0 aliphatic carbocycles. The summed E-state index contributed by atoms with van der Waals surface area (Å²) in [4.78, 5) is 14.7. The van der Waals surface area contributed by atoms with E-state index in [0.29, 0.717) is 19.1 Å². The van der Waals surface area contributed by atoms with Crippen LogP contribution in [0.5, 0.6) is 5.75 Å². The lowest BCUT2D eigenvalue weighted by molar-refractivity contribution is -0.136. The van der Waals surface area contributed by atoms with Gasteiger partial charge in [0.05, 0.1) is 13.7 Å². The van der Waals surface area contributed by atoms with Gasteiger partial charge in [0.2, 0.25) is 0 Å². The topological polar surface area (TPSA) is 48.0 Å². The number of carbonyl (C=O) groups excluding carboxylic acids is 1. The molecule has 0 aromatic heterocycles. The molecule has 5 heteroatoms. The van der Waals surface area contributed by atoms with E-state index in [1.165, 1.54) is 12.8 Å². The molecular formula is C28H37NO4. The molecule has 1 heterocycles. The summed E-state index contributed by atoms with van der Waals surface area (Å²) in [6, 6.07) is 14.6. The minimum atomic E-state index is -0.243. The van der Waals surface area contributed by atoms with Crippen molar-refractivity contribution in [3.63, 3.8) is 0 Å². The molecule has 0 amide bonds. The smallest absolute Gasteiger partial charge is 0.333 e. The van der Waals surface area contributed by atoms with Crippen molar-refractivity contribution in [2.24, 2.45) is 5.92 Å². The zero-order valence-electron chi connectivity index (χ0n) is 20.4. The highest BCUT2D eigenvalue weighted by atomic mass is 16.5. The fourth-order valence-electron chi connectivity index (χ4n) is 4.11. The SMILES string of the molecule is CCCOCCOc1ccc(-c2ccc3c(c2)/C=C(/C(=O)OC)CCCN3CC(C)C)cc1. The van der Waals surface area contributed by atoms with Gasteiger partial charge in [-0.3, -0.25) is 0 Å². The van der Waals surface area contributed by atoms with Crippen molar-refractivity contribution in [1.29, 1.82) is 0 Å². The molecule has 1 aliphatic heterocycles. The fraction of sp³-hybridized carbons (Fsp3) is 0.464. The molecule has 0 N–H and O–H groups in total. The highest BCUT2D eigenvalue weighted by Gasteiger charge is 2.19. The Kier molecular flexibility index (Phi) is 9.37. The molecule has 0 saturated carbocycles. The van der Waals surface area contributed by atoms with Gasteiger partial charge in [-0.15, -0.1) is 0 Å². The number of anilines is 1. The monoisotopic (exact) mass is 451 g/mol. The number of nitrogens with zero attached hydrogens (tertiary/aromatic N) is 1. The van der Waals surface area contributed by atoms with Crippen LogP contribution in [-0.4, -0.2) is 46.0 Å². The van der Waals surface area contributed by atoms with Crippen LogP contribution in [0.15, 0.2) is 48.0 Å². The van der Waals surface area contributed by atoms with E-state index in [2.05, 4.69) is 56.0 Å². The van der Waals surface area contributed by atoms with Crippen molar-refractivity contribution in [3.8, 4) is 16.9 Å². The summed E-state index contributed by atoms with van der Waals surface area (Å²) in [6.45, 7) is 10.4. The standard InChI is InChI=1S/C28H37NO4/c1-5-15-32-16-17-33-26-11-8-22(9-12-26)23-10-13-27-25(18-23)19-24(28(30)31-4)7-6-14-29(27)20-21(2)3/h8-13,18-19,21H,5-7,14-17,20H2,1-4H3/b24-19+. The first-order valence-electron chi connectivity index (χ1n) is 12.0. The Morgan fingerprint density at radius 2 is 1.79 bits per heavy atom. The average Bonchev–Trinajstić information content (AvgIpc) is 2.81. The van der Waals surface area contributed by atoms with Crippen LogP contribution >= 0.6 is 0 Å². The zero-order chi connectivity index (χ0) is 23.6. The van der Waals surface area contributed by atoms with Crippen LogP contribution in [0.2, 0.25) is 0 Å². The number of hydrogen-bond acceptors (Lipinski definition) is 5. The number of ether oxygens (including phenoxy) is 3. The van der Waals surface area contributed by atoms with Crippen molar-refractivity contribution >= 4 is 17.7 Å². The second-order valence-electron chi connectivity index (χ2n) is 8.86. The van der Waals surface area contributed by atoms with Crippen LogP contribution in [0.3, 0.4) is 0 Å². The third kappa shape index (κ3) is 7.10. The quantitative estimate of drug-likeness (QED) is 0.329. The number of rotatable bonds is 10. The number of benzene rings is 2. The van der Waals surface area contributed by atoms with Gasteiger partial charge in [-0.25, -0.2) is 4.79 Å². The molecule has 0 saturated heterocycles. The van der Waals surface area contributed by atoms with Crippen LogP contribution in [0.25, 0.3) is 17.2 Å². The lowest BCUT2D eigenvalue weighted by Crippen LogP contribution is -2.30. The summed E-state index contributed by atoms with van der Waals surface area (Å²) in [5, 5.41) is 0. The van der Waals surface area contributed by atoms with Gasteiger partial charge in [-0.2, -0.15) is 0 Å². The van der Waals surface area contributed by atoms with Crippen LogP contribution < -0.4 is 9.64 Å². The van der Waals surface area contributed by atoms with Crippen molar-refractivity contribution < 1.29 is 19.0 Å². The molecule has 0 bridgehead atoms. The number of methoxy groups -OCH3 is 1. The Morgan fingerprint density at radius 1 is 1.03 bits per heavy atom. The largest absolute Gasteiger partial charge is 0.491 e. The van der Waals surface area contributed by atoms with E-state index in [-0.39, 0.29) is 5.97 Å². The maximum atomic E-state index is 12.3. The Balaban J connectivity index is 1.84. The van der Waals surface area contributed by atoms with E-state index < -0.39 is 0 Å². The van der Waals surface area contributed by atoms with Crippen LogP contribution in [0, 0.1) is 5.92 Å². The summed E-state index contributed by atoms with van der Waals surface area (Å²) in [6.07, 6.45) is 4.67. The lowest BCUT2D eigenvalue weighted by atomic mass is 9.96. The third-order valence-corrected chi connectivity index (χ3v) is 5.64. The van der Waals surface area contributed by atoms with Crippen LogP contribution in [-0.2, 0) is 14.3 Å².